The molecule has 12 heteroatoms. The van der Waals surface area contributed by atoms with Crippen LogP contribution < -0.4 is 16.2 Å². The fourth-order valence-corrected chi connectivity index (χ4v) is 5.67. The number of rotatable bonds is 6. The van der Waals surface area contributed by atoms with Gasteiger partial charge in [0.2, 0.25) is 0 Å². The van der Waals surface area contributed by atoms with Crippen molar-refractivity contribution in [1.82, 2.24) is 24.4 Å². The van der Waals surface area contributed by atoms with E-state index in [-0.39, 0.29) is 36.3 Å². The molecule has 1 aliphatic rings. The zero-order valence-electron chi connectivity index (χ0n) is 22.9. The molecule has 3 heterocycles. The van der Waals surface area contributed by atoms with Gasteiger partial charge in [-0.2, -0.15) is 5.10 Å². The third-order valence-corrected chi connectivity index (χ3v) is 8.72. The Balaban J connectivity index is 1.45. The minimum atomic E-state index is -0.353. The molecule has 0 saturated carbocycles. The van der Waals surface area contributed by atoms with Gasteiger partial charge in [0.05, 0.1) is 34.8 Å². The van der Waals surface area contributed by atoms with E-state index < -0.39 is 0 Å². The van der Waals surface area contributed by atoms with Crippen molar-refractivity contribution in [3.05, 3.63) is 127 Å². The number of amides is 2. The molecule has 0 unspecified atom stereocenters. The largest absolute Gasteiger partial charge is 0.377 e. The summed E-state index contributed by atoms with van der Waals surface area (Å²) in [6, 6.07) is 18.1. The van der Waals surface area contributed by atoms with Gasteiger partial charge in [-0.1, -0.05) is 29.8 Å². The van der Waals surface area contributed by atoms with E-state index in [1.807, 2.05) is 0 Å². The van der Waals surface area contributed by atoms with Crippen LogP contribution >= 0.6 is 27.5 Å². The van der Waals surface area contributed by atoms with Crippen LogP contribution in [0.1, 0.15) is 37.5 Å². The number of nitrogens with zero attached hydrogens (tertiary/aromatic N) is 4. The predicted octanol–water partition coefficient (Wildman–Crippen LogP) is 5.21. The standard InChI is InChI=1S/C31H25BrClFN6O3/c1-35-28(41)18-6-9-21(10-7-18)39-29-26(36-15-20-4-2-3-5-25(20)34)16-37-40(29)27-17-38(13-12-22(27)31(39)43)30(42)19-8-11-23(32)24(33)14-19/h2-11,14,16,36H,12-13,15,17H2,1H3,(H,35,41). The summed E-state index contributed by atoms with van der Waals surface area (Å²) in [5, 5.41) is 10.9. The van der Waals surface area contributed by atoms with E-state index in [0.29, 0.717) is 67.4 Å². The Morgan fingerprint density at radius 1 is 1.07 bits per heavy atom. The maximum atomic E-state index is 14.4. The topological polar surface area (TPSA) is 101 Å². The van der Waals surface area contributed by atoms with Crippen molar-refractivity contribution in [3.63, 3.8) is 0 Å². The van der Waals surface area contributed by atoms with Crippen LogP contribution in [0, 0.1) is 5.82 Å². The average Bonchev–Trinajstić information content (AvgIpc) is 3.45. The lowest BCUT2D eigenvalue weighted by Crippen LogP contribution is -2.41. The van der Waals surface area contributed by atoms with Gasteiger partial charge < -0.3 is 15.5 Å². The van der Waals surface area contributed by atoms with Gasteiger partial charge in [0.25, 0.3) is 17.4 Å². The van der Waals surface area contributed by atoms with Crippen LogP contribution in [0.25, 0.3) is 11.3 Å². The number of carbonyl (C=O) groups excluding carboxylic acids is 2. The van der Waals surface area contributed by atoms with Crippen molar-refractivity contribution in [3.8, 4) is 5.69 Å². The predicted molar refractivity (Wildman–Crippen MR) is 166 cm³/mol. The van der Waals surface area contributed by atoms with Crippen LogP contribution in [0.5, 0.6) is 0 Å². The minimum Gasteiger partial charge on any atom is -0.377 e. The molecule has 2 N–H and O–H groups in total. The Morgan fingerprint density at radius 2 is 1.81 bits per heavy atom. The molecule has 0 atom stereocenters. The molecule has 9 nitrogen and oxygen atoms in total. The second-order valence-electron chi connectivity index (χ2n) is 10.0. The first-order chi connectivity index (χ1) is 20.8. The summed E-state index contributed by atoms with van der Waals surface area (Å²) in [5.74, 6) is -0.816. The van der Waals surface area contributed by atoms with E-state index in [9.17, 15) is 18.8 Å². The highest BCUT2D eigenvalue weighted by atomic mass is 79.9. The van der Waals surface area contributed by atoms with Crippen molar-refractivity contribution in [2.45, 2.75) is 19.5 Å². The zero-order valence-corrected chi connectivity index (χ0v) is 25.2. The second-order valence-corrected chi connectivity index (χ2v) is 11.3. The number of anilines is 1. The number of carbonyl (C=O) groups is 2. The average molecular weight is 664 g/mol. The smallest absolute Gasteiger partial charge is 0.261 e. The molecule has 2 aromatic heterocycles. The quantitative estimate of drug-likeness (QED) is 0.260. The summed E-state index contributed by atoms with van der Waals surface area (Å²) in [4.78, 5) is 41.4. The second kappa shape index (κ2) is 11.7. The highest BCUT2D eigenvalue weighted by molar-refractivity contribution is 9.10. The fourth-order valence-electron chi connectivity index (χ4n) is 5.25. The number of fused-ring (bicyclic) bond motifs is 3. The maximum Gasteiger partial charge on any atom is 0.261 e. The van der Waals surface area contributed by atoms with Crippen LogP contribution in [0.4, 0.5) is 10.1 Å². The number of benzene rings is 3. The van der Waals surface area contributed by atoms with E-state index in [1.54, 1.807) is 83.3 Å². The zero-order chi connectivity index (χ0) is 30.2. The third kappa shape index (κ3) is 5.30. The molecule has 0 aliphatic carbocycles. The minimum absolute atomic E-state index is 0.151. The first-order valence-electron chi connectivity index (χ1n) is 13.5. The summed E-state index contributed by atoms with van der Waals surface area (Å²) in [6.45, 7) is 0.637. The van der Waals surface area contributed by atoms with E-state index in [2.05, 4.69) is 31.7 Å². The number of halogens is 3. The van der Waals surface area contributed by atoms with Gasteiger partial charge in [0, 0.05) is 46.9 Å². The lowest BCUT2D eigenvalue weighted by molar-refractivity contribution is 0.0729. The van der Waals surface area contributed by atoms with Gasteiger partial charge in [-0.25, -0.2) is 8.91 Å². The van der Waals surface area contributed by atoms with E-state index in [4.69, 9.17) is 11.6 Å². The van der Waals surface area contributed by atoms with Crippen LogP contribution in [0.2, 0.25) is 5.02 Å². The highest BCUT2D eigenvalue weighted by Crippen LogP contribution is 2.28. The SMILES string of the molecule is CNC(=O)c1ccc(-n2c(=O)c3c(n4ncc(NCc5ccccc5F)c24)CN(C(=O)c2ccc(Br)c(Cl)c2)CC3)cc1. The van der Waals surface area contributed by atoms with Gasteiger partial charge in [-0.05, 0) is 70.9 Å². The highest BCUT2D eigenvalue weighted by Gasteiger charge is 2.29. The van der Waals surface area contributed by atoms with Crippen molar-refractivity contribution in [2.75, 3.05) is 18.9 Å². The fraction of sp³-hybridized carbons (Fsp3) is 0.161. The lowest BCUT2D eigenvalue weighted by atomic mass is 10.0. The van der Waals surface area contributed by atoms with Crippen molar-refractivity contribution in [1.29, 1.82) is 0 Å². The molecule has 0 spiro atoms. The normalized spacial score (nSPS) is 12.7. The van der Waals surface area contributed by atoms with E-state index in [1.165, 1.54) is 10.6 Å². The molecule has 2 amide bonds. The summed E-state index contributed by atoms with van der Waals surface area (Å²) in [7, 11) is 1.55. The van der Waals surface area contributed by atoms with E-state index in [0.717, 1.165) is 0 Å². The molecule has 5 aromatic rings. The summed E-state index contributed by atoms with van der Waals surface area (Å²) < 4.78 is 18.3. The van der Waals surface area contributed by atoms with Gasteiger partial charge >= 0.3 is 0 Å². The summed E-state index contributed by atoms with van der Waals surface area (Å²) in [6.07, 6.45) is 1.90. The van der Waals surface area contributed by atoms with Crippen LogP contribution in [0.15, 0.2) is 82.2 Å². The summed E-state index contributed by atoms with van der Waals surface area (Å²) >= 11 is 9.60. The Morgan fingerprint density at radius 3 is 2.53 bits per heavy atom. The van der Waals surface area contributed by atoms with Gasteiger partial charge in [-0.3, -0.25) is 19.0 Å². The van der Waals surface area contributed by atoms with Crippen LogP contribution in [-0.4, -0.2) is 44.5 Å². The Labute approximate surface area is 259 Å². The molecule has 6 rings (SSSR count). The van der Waals surface area contributed by atoms with Gasteiger partial charge in [0.1, 0.15) is 5.82 Å². The molecule has 0 bridgehead atoms. The van der Waals surface area contributed by atoms with Crippen molar-refractivity contribution < 1.29 is 14.0 Å². The number of nitrogens with one attached hydrogen (secondary N) is 2. The number of aromatic nitrogens is 3. The Hall–Kier alpha value is -4.48. The molecule has 0 saturated heterocycles. The van der Waals surface area contributed by atoms with Crippen molar-refractivity contribution in [2.24, 2.45) is 0 Å². The molecule has 0 fully saturated rings. The lowest BCUT2D eigenvalue weighted by Gasteiger charge is -2.29. The first kappa shape index (κ1) is 28.6. The monoisotopic (exact) mass is 662 g/mol. The third-order valence-electron chi connectivity index (χ3n) is 7.49. The molecule has 0 radical (unpaired) electrons. The Bertz CT molecular complexity index is 1960. The first-order valence-corrected chi connectivity index (χ1v) is 14.6. The molecule has 43 heavy (non-hydrogen) atoms. The molecule has 3 aromatic carbocycles. The molecular weight excluding hydrogens is 639 g/mol. The summed E-state index contributed by atoms with van der Waals surface area (Å²) in [5.41, 5.74) is 3.65. The van der Waals surface area contributed by atoms with Crippen LogP contribution in [0.3, 0.4) is 0 Å². The molecular formula is C31H25BrClFN6O3. The number of hydrogen-bond acceptors (Lipinski definition) is 5. The number of hydrogen-bond donors (Lipinski definition) is 2. The molecule has 218 valence electrons. The molecule has 1 aliphatic heterocycles. The van der Waals surface area contributed by atoms with E-state index >= 15 is 0 Å². The van der Waals surface area contributed by atoms with Crippen molar-refractivity contribution >= 4 is 50.7 Å². The maximum absolute atomic E-state index is 14.4. The van der Waals surface area contributed by atoms with Crippen LogP contribution in [-0.2, 0) is 19.5 Å². The van der Waals surface area contributed by atoms with Gasteiger partial charge in [-0.15, -0.1) is 0 Å². The van der Waals surface area contributed by atoms with Gasteiger partial charge in [0.15, 0.2) is 5.65 Å². The Kier molecular flexibility index (Phi) is 7.76.